The van der Waals surface area contributed by atoms with Gasteiger partial charge in [-0.05, 0) is 52.5 Å². The molecule has 31 heavy (non-hydrogen) atoms. The van der Waals surface area contributed by atoms with Crippen LogP contribution in [0.2, 0.25) is 0 Å². The summed E-state index contributed by atoms with van der Waals surface area (Å²) >= 11 is 0. The first-order chi connectivity index (χ1) is 14.9. The maximum absolute atomic E-state index is 6.09. The molecule has 1 aromatic rings. The summed E-state index contributed by atoms with van der Waals surface area (Å²) in [5.74, 6) is 0. The van der Waals surface area contributed by atoms with E-state index in [0.717, 1.165) is 37.7 Å². The van der Waals surface area contributed by atoms with Crippen molar-refractivity contribution in [2.45, 2.75) is 112 Å². The maximum atomic E-state index is 6.09. The largest absolute Gasteiger partial charge is 0.353 e. The third kappa shape index (κ3) is 12.6. The molecule has 0 saturated carbocycles. The Bertz CT molecular complexity index is 523. The molecule has 0 spiro atoms. The second-order valence-electron chi connectivity index (χ2n) is 7.69. The Morgan fingerprint density at radius 2 is 1.06 bits per heavy atom. The molecule has 6 nitrogen and oxygen atoms in total. The van der Waals surface area contributed by atoms with Gasteiger partial charge in [0.2, 0.25) is 0 Å². The third-order valence-corrected chi connectivity index (χ3v) is 4.76. The van der Waals surface area contributed by atoms with E-state index in [1.54, 1.807) is 0 Å². The Hall–Kier alpha value is -1.02. The lowest BCUT2D eigenvalue weighted by Crippen LogP contribution is -2.29. The Kier molecular flexibility index (Phi) is 15.0. The minimum Gasteiger partial charge on any atom is -0.353 e. The highest BCUT2D eigenvalue weighted by Gasteiger charge is 2.22. The molecule has 0 fully saturated rings. The fourth-order valence-corrected chi connectivity index (χ4v) is 2.92. The van der Waals surface area contributed by atoms with E-state index >= 15 is 0 Å². The maximum Gasteiger partial charge on any atom is 0.189 e. The SMILES string of the molecule is CCCCOC(C)OC(C)OC(OC(C)OC(C)OCCCC)c1ccc(CC)cc1. The summed E-state index contributed by atoms with van der Waals surface area (Å²) in [4.78, 5) is 0. The highest BCUT2D eigenvalue weighted by molar-refractivity contribution is 5.23. The van der Waals surface area contributed by atoms with Crippen LogP contribution in [-0.4, -0.2) is 38.4 Å². The summed E-state index contributed by atoms with van der Waals surface area (Å²) in [5, 5.41) is 0. The molecule has 6 heteroatoms. The molecule has 0 aliphatic carbocycles. The zero-order chi connectivity index (χ0) is 23.1. The van der Waals surface area contributed by atoms with E-state index in [1.807, 2.05) is 39.8 Å². The smallest absolute Gasteiger partial charge is 0.189 e. The van der Waals surface area contributed by atoms with Crippen molar-refractivity contribution in [3.8, 4) is 0 Å². The van der Waals surface area contributed by atoms with Gasteiger partial charge in [-0.1, -0.05) is 57.9 Å². The second kappa shape index (κ2) is 16.6. The minimum atomic E-state index is -0.637. The predicted octanol–water partition coefficient (Wildman–Crippen LogP) is 6.33. The Labute approximate surface area is 189 Å². The van der Waals surface area contributed by atoms with Gasteiger partial charge in [0.05, 0.1) is 0 Å². The predicted molar refractivity (Wildman–Crippen MR) is 122 cm³/mol. The number of rotatable bonds is 18. The second-order valence-corrected chi connectivity index (χ2v) is 7.69. The van der Waals surface area contributed by atoms with Crippen molar-refractivity contribution in [2.75, 3.05) is 13.2 Å². The van der Waals surface area contributed by atoms with E-state index in [2.05, 4.69) is 32.9 Å². The summed E-state index contributed by atoms with van der Waals surface area (Å²) in [6.45, 7) is 15.2. The lowest BCUT2D eigenvalue weighted by Gasteiger charge is -2.28. The normalized spacial score (nSPS) is 16.6. The fraction of sp³-hybridized carbons (Fsp3) is 0.760. The topological polar surface area (TPSA) is 55.4 Å². The number of ether oxygens (including phenoxy) is 6. The van der Waals surface area contributed by atoms with Gasteiger partial charge in [0.1, 0.15) is 0 Å². The molecule has 0 saturated heterocycles. The van der Waals surface area contributed by atoms with E-state index in [9.17, 15) is 0 Å². The summed E-state index contributed by atoms with van der Waals surface area (Å²) in [5.41, 5.74) is 2.16. The van der Waals surface area contributed by atoms with Crippen LogP contribution in [-0.2, 0) is 34.8 Å². The fourth-order valence-electron chi connectivity index (χ4n) is 2.92. The first-order valence-electron chi connectivity index (χ1n) is 11.8. The van der Waals surface area contributed by atoms with Crippen LogP contribution in [0.1, 0.15) is 91.6 Å². The highest BCUT2D eigenvalue weighted by atomic mass is 16.8. The molecule has 0 N–H and O–H groups in total. The Morgan fingerprint density at radius 1 is 0.613 bits per heavy atom. The van der Waals surface area contributed by atoms with Crippen LogP contribution in [0.15, 0.2) is 24.3 Å². The van der Waals surface area contributed by atoms with Crippen molar-refractivity contribution in [1.82, 2.24) is 0 Å². The molecule has 4 atom stereocenters. The van der Waals surface area contributed by atoms with Gasteiger partial charge < -0.3 is 28.4 Å². The van der Waals surface area contributed by atoms with Gasteiger partial charge >= 0.3 is 0 Å². The molecule has 0 bridgehead atoms. The van der Waals surface area contributed by atoms with Crippen LogP contribution < -0.4 is 0 Å². The average molecular weight is 441 g/mol. The Morgan fingerprint density at radius 3 is 1.45 bits per heavy atom. The highest BCUT2D eigenvalue weighted by Crippen LogP contribution is 2.25. The van der Waals surface area contributed by atoms with Crippen LogP contribution in [0.4, 0.5) is 0 Å². The first kappa shape index (κ1) is 28.0. The molecule has 1 rings (SSSR count). The van der Waals surface area contributed by atoms with Crippen LogP contribution in [0.5, 0.6) is 0 Å². The standard InChI is InChI=1S/C25H44O6/c1-8-11-17-26-19(4)28-21(6)30-25(24-15-13-23(10-3)14-16-24)31-22(7)29-20(5)27-18-12-9-2/h13-16,19-22,25H,8-12,17-18H2,1-7H3. The van der Waals surface area contributed by atoms with E-state index < -0.39 is 18.9 Å². The van der Waals surface area contributed by atoms with Gasteiger partial charge in [-0.25, -0.2) is 0 Å². The van der Waals surface area contributed by atoms with Crippen molar-refractivity contribution < 1.29 is 28.4 Å². The third-order valence-electron chi connectivity index (χ3n) is 4.76. The van der Waals surface area contributed by atoms with Gasteiger partial charge in [-0.3, -0.25) is 0 Å². The van der Waals surface area contributed by atoms with E-state index in [4.69, 9.17) is 28.4 Å². The van der Waals surface area contributed by atoms with Crippen molar-refractivity contribution in [3.05, 3.63) is 35.4 Å². The van der Waals surface area contributed by atoms with Crippen LogP contribution in [0.3, 0.4) is 0 Å². The average Bonchev–Trinajstić information content (AvgIpc) is 2.73. The summed E-state index contributed by atoms with van der Waals surface area (Å²) in [6, 6.07) is 8.20. The summed E-state index contributed by atoms with van der Waals surface area (Å²) < 4.78 is 35.2. The molecule has 0 amide bonds. The van der Waals surface area contributed by atoms with Crippen molar-refractivity contribution in [3.63, 3.8) is 0 Å². The van der Waals surface area contributed by atoms with E-state index in [0.29, 0.717) is 13.2 Å². The van der Waals surface area contributed by atoms with Gasteiger partial charge in [-0.2, -0.15) is 0 Å². The zero-order valence-electron chi connectivity index (χ0n) is 20.6. The Balaban J connectivity index is 2.70. The number of hydrogen-bond acceptors (Lipinski definition) is 6. The molecule has 1 aromatic carbocycles. The number of aryl methyl sites for hydroxylation is 1. The van der Waals surface area contributed by atoms with Gasteiger partial charge in [0.15, 0.2) is 31.5 Å². The lowest BCUT2D eigenvalue weighted by molar-refractivity contribution is -0.330. The van der Waals surface area contributed by atoms with Gasteiger partial charge in [0.25, 0.3) is 0 Å². The number of unbranched alkanes of at least 4 members (excludes halogenated alkanes) is 2. The molecular formula is C25H44O6. The van der Waals surface area contributed by atoms with E-state index in [1.165, 1.54) is 5.56 Å². The molecule has 0 aliphatic heterocycles. The molecule has 180 valence electrons. The molecule has 0 aromatic heterocycles. The van der Waals surface area contributed by atoms with Gasteiger partial charge in [0, 0.05) is 18.8 Å². The van der Waals surface area contributed by atoms with Crippen molar-refractivity contribution in [1.29, 1.82) is 0 Å². The quantitative estimate of drug-likeness (QED) is 0.196. The monoisotopic (exact) mass is 440 g/mol. The molecule has 0 radical (unpaired) electrons. The van der Waals surface area contributed by atoms with E-state index in [-0.39, 0.29) is 12.6 Å². The molecular weight excluding hydrogens is 396 g/mol. The van der Waals surface area contributed by atoms with Crippen LogP contribution >= 0.6 is 0 Å². The molecule has 4 unspecified atom stereocenters. The van der Waals surface area contributed by atoms with Crippen LogP contribution in [0, 0.1) is 0 Å². The zero-order valence-corrected chi connectivity index (χ0v) is 20.6. The van der Waals surface area contributed by atoms with Crippen LogP contribution in [0.25, 0.3) is 0 Å². The number of hydrogen-bond donors (Lipinski definition) is 0. The first-order valence-corrected chi connectivity index (χ1v) is 11.8. The molecule has 0 aliphatic rings. The summed E-state index contributed by atoms with van der Waals surface area (Å²) in [6.07, 6.45) is 2.78. The lowest BCUT2D eigenvalue weighted by atomic mass is 10.1. The summed E-state index contributed by atoms with van der Waals surface area (Å²) in [7, 11) is 0. The van der Waals surface area contributed by atoms with Gasteiger partial charge in [-0.15, -0.1) is 0 Å². The van der Waals surface area contributed by atoms with Crippen molar-refractivity contribution >= 4 is 0 Å². The minimum absolute atomic E-state index is 0.356. The molecule has 0 heterocycles. The number of benzene rings is 1. The van der Waals surface area contributed by atoms with Crippen molar-refractivity contribution in [2.24, 2.45) is 0 Å².